The maximum Gasteiger partial charge on any atom is 0.258 e. The highest BCUT2D eigenvalue weighted by molar-refractivity contribution is 5.78. The zero-order chi connectivity index (χ0) is 18.4. The Labute approximate surface area is 153 Å². The Morgan fingerprint density at radius 2 is 1.54 bits per heavy atom. The van der Waals surface area contributed by atoms with Crippen molar-refractivity contribution in [3.8, 4) is 22.6 Å². The van der Waals surface area contributed by atoms with Crippen LogP contribution in [0.5, 0.6) is 11.5 Å². The number of para-hydroxylation sites is 2. The minimum absolute atomic E-state index is 0.0184. The zero-order valence-electron chi connectivity index (χ0n) is 14.6. The molecule has 0 unspecified atom stereocenters. The van der Waals surface area contributed by atoms with Crippen molar-refractivity contribution in [1.82, 2.24) is 5.32 Å². The lowest BCUT2D eigenvalue weighted by Gasteiger charge is -2.15. The van der Waals surface area contributed by atoms with E-state index in [1.165, 1.54) is 6.07 Å². The summed E-state index contributed by atoms with van der Waals surface area (Å²) in [6, 6.07) is 24.7. The Kier molecular flexibility index (Phi) is 5.54. The number of benzene rings is 3. The monoisotopic (exact) mass is 347 g/mol. The molecule has 132 valence electrons. The van der Waals surface area contributed by atoms with Crippen molar-refractivity contribution in [3.63, 3.8) is 0 Å². The van der Waals surface area contributed by atoms with E-state index >= 15 is 0 Å². The fourth-order valence-corrected chi connectivity index (χ4v) is 2.68. The number of hydrogen-bond donors (Lipinski definition) is 2. The van der Waals surface area contributed by atoms with Crippen LogP contribution in [0.1, 0.15) is 18.5 Å². The molecule has 0 aliphatic carbocycles. The fourth-order valence-electron chi connectivity index (χ4n) is 2.68. The fraction of sp³-hybridized carbons (Fsp3) is 0.136. The molecular weight excluding hydrogens is 326 g/mol. The summed E-state index contributed by atoms with van der Waals surface area (Å²) in [5.41, 5.74) is 3.31. The molecule has 0 saturated heterocycles. The van der Waals surface area contributed by atoms with Gasteiger partial charge in [0.1, 0.15) is 0 Å². The topological polar surface area (TPSA) is 58.6 Å². The molecule has 26 heavy (non-hydrogen) atoms. The van der Waals surface area contributed by atoms with E-state index in [0.29, 0.717) is 5.75 Å². The van der Waals surface area contributed by atoms with Crippen molar-refractivity contribution in [2.75, 3.05) is 6.61 Å². The van der Waals surface area contributed by atoms with Gasteiger partial charge >= 0.3 is 0 Å². The van der Waals surface area contributed by atoms with Crippen LogP contribution >= 0.6 is 0 Å². The molecule has 0 heterocycles. The number of rotatable bonds is 6. The van der Waals surface area contributed by atoms with Crippen molar-refractivity contribution >= 4 is 5.91 Å². The van der Waals surface area contributed by atoms with Gasteiger partial charge in [0.25, 0.3) is 5.91 Å². The van der Waals surface area contributed by atoms with Crippen molar-refractivity contribution in [3.05, 3.63) is 84.4 Å². The number of ether oxygens (including phenoxy) is 1. The maximum absolute atomic E-state index is 12.1. The average Bonchev–Trinajstić information content (AvgIpc) is 2.68. The minimum Gasteiger partial charge on any atom is -0.504 e. The van der Waals surface area contributed by atoms with Crippen molar-refractivity contribution in [1.29, 1.82) is 0 Å². The van der Waals surface area contributed by atoms with Gasteiger partial charge in [0, 0.05) is 0 Å². The third-order valence-corrected chi connectivity index (χ3v) is 4.12. The van der Waals surface area contributed by atoms with Gasteiger partial charge in [-0.1, -0.05) is 66.7 Å². The summed E-state index contributed by atoms with van der Waals surface area (Å²) in [7, 11) is 0. The zero-order valence-corrected chi connectivity index (χ0v) is 14.6. The first-order chi connectivity index (χ1) is 12.6. The van der Waals surface area contributed by atoms with Crippen LogP contribution in [0.4, 0.5) is 0 Å². The van der Waals surface area contributed by atoms with Gasteiger partial charge in [0.2, 0.25) is 0 Å². The smallest absolute Gasteiger partial charge is 0.258 e. The molecule has 1 amide bonds. The van der Waals surface area contributed by atoms with E-state index < -0.39 is 0 Å². The average molecular weight is 347 g/mol. The molecule has 4 heteroatoms. The second-order valence-electron chi connectivity index (χ2n) is 6.03. The molecule has 1 atom stereocenters. The molecule has 3 rings (SSSR count). The van der Waals surface area contributed by atoms with Gasteiger partial charge in [-0.2, -0.15) is 0 Å². The summed E-state index contributed by atoms with van der Waals surface area (Å²) in [5, 5.41) is 12.5. The van der Waals surface area contributed by atoms with Crippen LogP contribution < -0.4 is 10.1 Å². The van der Waals surface area contributed by atoms with Crippen LogP contribution in [0.25, 0.3) is 11.1 Å². The van der Waals surface area contributed by atoms with Crippen LogP contribution in [-0.2, 0) is 4.79 Å². The van der Waals surface area contributed by atoms with E-state index in [9.17, 15) is 9.90 Å². The van der Waals surface area contributed by atoms with Gasteiger partial charge in [0.15, 0.2) is 18.1 Å². The highest BCUT2D eigenvalue weighted by Crippen LogP contribution is 2.24. The van der Waals surface area contributed by atoms with Crippen molar-refractivity contribution < 1.29 is 14.6 Å². The van der Waals surface area contributed by atoms with Gasteiger partial charge in [-0.15, -0.1) is 0 Å². The van der Waals surface area contributed by atoms with Gasteiger partial charge < -0.3 is 15.2 Å². The first kappa shape index (κ1) is 17.5. The normalized spacial score (nSPS) is 11.6. The molecule has 0 aliphatic rings. The third-order valence-electron chi connectivity index (χ3n) is 4.12. The number of phenols is 1. The number of nitrogens with one attached hydrogen (secondary N) is 1. The van der Waals surface area contributed by atoms with Gasteiger partial charge in [-0.25, -0.2) is 0 Å². The molecule has 4 nitrogen and oxygen atoms in total. The van der Waals surface area contributed by atoms with Gasteiger partial charge in [0.05, 0.1) is 6.04 Å². The van der Waals surface area contributed by atoms with E-state index in [4.69, 9.17) is 4.74 Å². The van der Waals surface area contributed by atoms with Crippen LogP contribution in [0, 0.1) is 0 Å². The number of carbonyl (C=O) groups is 1. The predicted octanol–water partition coefficient (Wildman–Crippen LogP) is 4.32. The summed E-state index contributed by atoms with van der Waals surface area (Å²) in [5.74, 6) is 0.0697. The first-order valence-electron chi connectivity index (χ1n) is 8.49. The lowest BCUT2D eigenvalue weighted by molar-refractivity contribution is -0.123. The quantitative estimate of drug-likeness (QED) is 0.698. The third kappa shape index (κ3) is 4.42. The number of amides is 1. The SMILES string of the molecule is C[C@H](NC(=O)COc1ccccc1O)c1ccc(-c2ccccc2)cc1. The lowest BCUT2D eigenvalue weighted by atomic mass is 10.0. The summed E-state index contributed by atoms with van der Waals surface area (Å²) in [4.78, 5) is 12.1. The molecule has 0 fully saturated rings. The molecule has 3 aromatic rings. The minimum atomic E-state index is -0.243. The van der Waals surface area contributed by atoms with E-state index in [-0.39, 0.29) is 24.3 Å². The molecule has 3 aromatic carbocycles. The molecule has 0 aromatic heterocycles. The Hall–Kier alpha value is -3.27. The van der Waals surface area contributed by atoms with E-state index in [2.05, 4.69) is 17.4 Å². The second-order valence-corrected chi connectivity index (χ2v) is 6.03. The Morgan fingerprint density at radius 1 is 0.923 bits per heavy atom. The van der Waals surface area contributed by atoms with Crippen molar-refractivity contribution in [2.45, 2.75) is 13.0 Å². The number of hydrogen-bond acceptors (Lipinski definition) is 3. The summed E-state index contributed by atoms with van der Waals surface area (Å²) < 4.78 is 5.35. The molecule has 0 saturated carbocycles. The van der Waals surface area contributed by atoms with E-state index in [0.717, 1.165) is 16.7 Å². The second kappa shape index (κ2) is 8.21. The van der Waals surface area contributed by atoms with Crippen LogP contribution in [-0.4, -0.2) is 17.6 Å². The lowest BCUT2D eigenvalue weighted by Crippen LogP contribution is -2.31. The number of phenolic OH excluding ortho intramolecular Hbond substituents is 1. The Morgan fingerprint density at radius 3 is 2.23 bits per heavy atom. The standard InChI is InChI=1S/C22H21NO3/c1-16(23-22(25)15-26-21-10-6-5-9-20(21)24)17-11-13-19(14-12-17)18-7-3-2-4-8-18/h2-14,16,24H,15H2,1H3,(H,23,25)/t16-/m0/s1. The molecule has 0 aliphatic heterocycles. The first-order valence-corrected chi connectivity index (χ1v) is 8.49. The Balaban J connectivity index is 1.56. The molecule has 0 bridgehead atoms. The van der Waals surface area contributed by atoms with E-state index in [1.54, 1.807) is 18.2 Å². The van der Waals surface area contributed by atoms with Gasteiger partial charge in [-0.05, 0) is 35.7 Å². The molecular formula is C22H21NO3. The highest BCUT2D eigenvalue weighted by atomic mass is 16.5. The highest BCUT2D eigenvalue weighted by Gasteiger charge is 2.11. The number of carbonyl (C=O) groups excluding carboxylic acids is 1. The predicted molar refractivity (Wildman–Crippen MR) is 102 cm³/mol. The summed E-state index contributed by atoms with van der Waals surface area (Å²) in [6.45, 7) is 1.78. The van der Waals surface area contributed by atoms with Gasteiger partial charge in [-0.3, -0.25) is 4.79 Å². The van der Waals surface area contributed by atoms with Crippen LogP contribution in [0.3, 0.4) is 0 Å². The molecule has 0 spiro atoms. The van der Waals surface area contributed by atoms with E-state index in [1.807, 2.05) is 49.4 Å². The van der Waals surface area contributed by atoms with Crippen LogP contribution in [0.15, 0.2) is 78.9 Å². The summed E-state index contributed by atoms with van der Waals surface area (Å²) in [6.07, 6.45) is 0. The van der Waals surface area contributed by atoms with Crippen molar-refractivity contribution in [2.24, 2.45) is 0 Å². The largest absolute Gasteiger partial charge is 0.504 e. The molecule has 0 radical (unpaired) electrons. The number of aromatic hydroxyl groups is 1. The molecule has 2 N–H and O–H groups in total. The Bertz CT molecular complexity index is 860. The summed E-state index contributed by atoms with van der Waals surface area (Å²) >= 11 is 0. The maximum atomic E-state index is 12.1. The van der Waals surface area contributed by atoms with Crippen LogP contribution in [0.2, 0.25) is 0 Å².